The molecule has 0 aliphatic carbocycles. The summed E-state index contributed by atoms with van der Waals surface area (Å²) >= 11 is 0. The molecule has 0 nitrogen and oxygen atoms in total. The summed E-state index contributed by atoms with van der Waals surface area (Å²) < 4.78 is 0. The highest BCUT2D eigenvalue weighted by Gasteiger charge is 2.48. The number of hydrogen-bond acceptors (Lipinski definition) is 0. The van der Waals surface area contributed by atoms with Gasteiger partial charge >= 0.3 is 0 Å². The Bertz CT molecular complexity index is 502. The molecule has 0 aliphatic heterocycles. The molecule has 0 amide bonds. The van der Waals surface area contributed by atoms with Crippen molar-refractivity contribution in [1.82, 2.24) is 0 Å². The summed E-state index contributed by atoms with van der Waals surface area (Å²) in [5, 5.41) is 0.0662. The van der Waals surface area contributed by atoms with Gasteiger partial charge in [-0.2, -0.15) is 0 Å². The van der Waals surface area contributed by atoms with Gasteiger partial charge in [0.1, 0.15) is 0 Å². The van der Waals surface area contributed by atoms with Crippen molar-refractivity contribution in [2.45, 2.75) is 111 Å². The van der Waals surface area contributed by atoms with Crippen LogP contribution in [-0.2, 0) is 11.6 Å². The molecule has 1 rings (SSSR count). The molecule has 0 aliphatic rings. The van der Waals surface area contributed by atoms with Crippen LogP contribution in [0, 0.1) is 10.8 Å². The van der Waals surface area contributed by atoms with Crippen molar-refractivity contribution in [1.29, 1.82) is 0 Å². The SMILES string of the molecule is CCCCCCCCCCc1ccccc1C(P)(C(C)(C)C)C(C)(C)C. The van der Waals surface area contributed by atoms with Crippen LogP contribution in [0.4, 0.5) is 0 Å². The smallest absolute Gasteiger partial charge is 0.0196 e. The molecule has 0 saturated carbocycles. The maximum absolute atomic E-state index is 3.27. The molecule has 0 fully saturated rings. The summed E-state index contributed by atoms with van der Waals surface area (Å²) in [5.41, 5.74) is 3.46. The Labute approximate surface area is 167 Å². The summed E-state index contributed by atoms with van der Waals surface area (Å²) in [5.74, 6) is 0. The maximum atomic E-state index is 3.27. The number of benzene rings is 1. The van der Waals surface area contributed by atoms with Crippen molar-refractivity contribution >= 4 is 9.24 Å². The van der Waals surface area contributed by atoms with Crippen molar-refractivity contribution in [3.05, 3.63) is 35.4 Å². The molecule has 1 heteroatoms. The van der Waals surface area contributed by atoms with Gasteiger partial charge in [-0.15, -0.1) is 9.24 Å². The van der Waals surface area contributed by atoms with Gasteiger partial charge in [-0.05, 0) is 34.8 Å². The first-order valence-corrected chi connectivity index (χ1v) is 11.5. The van der Waals surface area contributed by atoms with E-state index in [-0.39, 0.29) is 16.0 Å². The third kappa shape index (κ3) is 6.09. The fourth-order valence-corrected chi connectivity index (χ4v) is 4.79. The molecule has 1 aromatic carbocycles. The Morgan fingerprint density at radius 1 is 0.692 bits per heavy atom. The Morgan fingerprint density at radius 3 is 1.65 bits per heavy atom. The van der Waals surface area contributed by atoms with E-state index >= 15 is 0 Å². The minimum absolute atomic E-state index is 0.0662. The topological polar surface area (TPSA) is 0 Å². The minimum atomic E-state index is 0.0662. The van der Waals surface area contributed by atoms with Gasteiger partial charge in [0, 0.05) is 5.16 Å². The number of unbranched alkanes of at least 4 members (excludes halogenated alkanes) is 7. The van der Waals surface area contributed by atoms with Crippen molar-refractivity contribution in [2.75, 3.05) is 0 Å². The normalized spacial score (nSPS) is 13.2. The van der Waals surface area contributed by atoms with Crippen LogP contribution in [0.25, 0.3) is 0 Å². The van der Waals surface area contributed by atoms with E-state index in [4.69, 9.17) is 0 Å². The second kappa shape index (κ2) is 10.3. The lowest BCUT2D eigenvalue weighted by atomic mass is 9.61. The van der Waals surface area contributed by atoms with Gasteiger partial charge in [0.05, 0.1) is 0 Å². The van der Waals surface area contributed by atoms with Crippen LogP contribution >= 0.6 is 9.24 Å². The molecule has 1 unspecified atom stereocenters. The average molecular weight is 377 g/mol. The Morgan fingerprint density at radius 2 is 1.15 bits per heavy atom. The first kappa shape index (κ1) is 23.7. The van der Waals surface area contributed by atoms with Crippen molar-refractivity contribution in [3.63, 3.8) is 0 Å². The molecule has 0 saturated heterocycles. The van der Waals surface area contributed by atoms with E-state index in [1.54, 1.807) is 5.56 Å². The molecular formula is C25H45P. The second-order valence-electron chi connectivity index (χ2n) is 10.2. The Balaban J connectivity index is 2.78. The van der Waals surface area contributed by atoms with E-state index < -0.39 is 0 Å². The summed E-state index contributed by atoms with van der Waals surface area (Å²) in [6.45, 7) is 16.6. The van der Waals surface area contributed by atoms with Crippen LogP contribution in [0.2, 0.25) is 0 Å². The minimum Gasteiger partial charge on any atom is -0.125 e. The van der Waals surface area contributed by atoms with Crippen molar-refractivity contribution in [2.24, 2.45) is 10.8 Å². The first-order chi connectivity index (χ1) is 12.1. The maximum Gasteiger partial charge on any atom is 0.0196 e. The zero-order valence-corrected chi connectivity index (χ0v) is 19.9. The quantitative estimate of drug-likeness (QED) is 0.283. The lowest BCUT2D eigenvalue weighted by Gasteiger charge is -2.52. The van der Waals surface area contributed by atoms with Gasteiger partial charge in [0.2, 0.25) is 0 Å². The molecular weight excluding hydrogens is 331 g/mol. The third-order valence-corrected chi connectivity index (χ3v) is 8.15. The van der Waals surface area contributed by atoms with Crippen LogP contribution in [0.5, 0.6) is 0 Å². The molecule has 0 bridgehead atoms. The van der Waals surface area contributed by atoms with Crippen molar-refractivity contribution < 1.29 is 0 Å². The number of rotatable bonds is 10. The average Bonchev–Trinajstić information content (AvgIpc) is 2.55. The first-order valence-electron chi connectivity index (χ1n) is 10.9. The van der Waals surface area contributed by atoms with E-state index in [9.17, 15) is 0 Å². The highest BCUT2D eigenvalue weighted by molar-refractivity contribution is 7.18. The van der Waals surface area contributed by atoms with Crippen LogP contribution in [0.1, 0.15) is 111 Å². The van der Waals surface area contributed by atoms with Crippen LogP contribution in [0.15, 0.2) is 24.3 Å². The van der Waals surface area contributed by atoms with Gasteiger partial charge < -0.3 is 0 Å². The zero-order chi connectivity index (χ0) is 19.8. The molecule has 1 aromatic rings. The van der Waals surface area contributed by atoms with Gasteiger partial charge in [-0.25, -0.2) is 0 Å². The fourth-order valence-electron chi connectivity index (χ4n) is 4.51. The predicted octanol–water partition coefficient (Wildman–Crippen LogP) is 8.53. The van der Waals surface area contributed by atoms with Gasteiger partial charge in [-0.1, -0.05) is 118 Å². The number of aryl methyl sites for hydroxylation is 1. The Kier molecular flexibility index (Phi) is 9.35. The van der Waals surface area contributed by atoms with E-state index in [1.807, 2.05) is 0 Å². The molecule has 0 aromatic heterocycles. The fraction of sp³-hybridized carbons (Fsp3) is 0.760. The highest BCUT2D eigenvalue weighted by atomic mass is 31.0. The van der Waals surface area contributed by atoms with E-state index in [0.29, 0.717) is 0 Å². The van der Waals surface area contributed by atoms with E-state index in [0.717, 1.165) is 0 Å². The largest absolute Gasteiger partial charge is 0.125 e. The zero-order valence-electron chi connectivity index (χ0n) is 18.8. The lowest BCUT2D eigenvalue weighted by Crippen LogP contribution is -2.45. The molecule has 0 N–H and O–H groups in total. The number of hydrogen-bond donors (Lipinski definition) is 0. The lowest BCUT2D eigenvalue weighted by molar-refractivity contribution is 0.139. The summed E-state index contributed by atoms with van der Waals surface area (Å²) in [6.07, 6.45) is 12.3. The summed E-state index contributed by atoms with van der Waals surface area (Å²) in [6, 6.07) is 9.19. The van der Waals surface area contributed by atoms with Gasteiger partial charge in [0.15, 0.2) is 0 Å². The van der Waals surface area contributed by atoms with E-state index in [1.165, 1.54) is 63.4 Å². The van der Waals surface area contributed by atoms with Gasteiger partial charge in [-0.3, -0.25) is 0 Å². The van der Waals surface area contributed by atoms with Crippen LogP contribution in [0.3, 0.4) is 0 Å². The predicted molar refractivity (Wildman–Crippen MR) is 123 cm³/mol. The van der Waals surface area contributed by atoms with Crippen LogP contribution in [-0.4, -0.2) is 0 Å². The summed E-state index contributed by atoms with van der Waals surface area (Å²) in [7, 11) is 3.27. The standard InChI is InChI=1S/C25H45P/c1-8-9-10-11-12-13-14-15-18-21-19-16-17-20-22(21)25(26,23(2,3)4)24(5,6)7/h16-17,19-20H,8-15,18,26H2,1-7H3. The molecule has 0 radical (unpaired) electrons. The molecule has 0 spiro atoms. The molecule has 150 valence electrons. The van der Waals surface area contributed by atoms with E-state index in [2.05, 4.69) is 82.0 Å². The molecule has 26 heavy (non-hydrogen) atoms. The second-order valence-corrected chi connectivity index (χ2v) is 11.1. The van der Waals surface area contributed by atoms with Gasteiger partial charge in [0.25, 0.3) is 0 Å². The van der Waals surface area contributed by atoms with Crippen molar-refractivity contribution in [3.8, 4) is 0 Å². The van der Waals surface area contributed by atoms with Crippen LogP contribution < -0.4 is 0 Å². The summed E-state index contributed by atoms with van der Waals surface area (Å²) in [4.78, 5) is 0. The highest BCUT2D eigenvalue weighted by Crippen LogP contribution is 2.58. The molecule has 0 heterocycles. The molecule has 1 atom stereocenters. The third-order valence-electron chi connectivity index (χ3n) is 6.11. The monoisotopic (exact) mass is 376 g/mol. The Hall–Kier alpha value is -0.350.